The quantitative estimate of drug-likeness (QED) is 0.773. The van der Waals surface area contributed by atoms with Crippen molar-refractivity contribution in [3.63, 3.8) is 0 Å². The van der Waals surface area contributed by atoms with Crippen LogP contribution in [0.1, 0.15) is 63.4 Å². The van der Waals surface area contributed by atoms with Crippen molar-refractivity contribution in [2.24, 2.45) is 29.1 Å². The third-order valence-corrected chi connectivity index (χ3v) is 9.09. The molecule has 4 aliphatic carbocycles. The van der Waals surface area contributed by atoms with E-state index in [1.54, 1.807) is 0 Å². The fourth-order valence-electron chi connectivity index (χ4n) is 7.64. The minimum Gasteiger partial charge on any atom is -0.393 e. The number of ketones is 1. The highest BCUT2D eigenvalue weighted by Crippen LogP contribution is 2.65. The van der Waals surface area contributed by atoms with Crippen LogP contribution >= 0.6 is 0 Å². The molecule has 3 saturated carbocycles. The summed E-state index contributed by atoms with van der Waals surface area (Å²) < 4.78 is 0. The second-order valence-electron chi connectivity index (χ2n) is 10.6. The maximum Gasteiger partial charge on any atom is 0.155 e. The van der Waals surface area contributed by atoms with Gasteiger partial charge in [-0.2, -0.15) is 0 Å². The van der Waals surface area contributed by atoms with Crippen molar-refractivity contribution in [1.82, 2.24) is 0 Å². The molecule has 0 bridgehead atoms. The predicted octanol–water partition coefficient (Wildman–Crippen LogP) is 4.95. The van der Waals surface area contributed by atoms with Crippen LogP contribution in [0.2, 0.25) is 0 Å². The molecule has 0 saturated heterocycles. The van der Waals surface area contributed by atoms with Crippen LogP contribution in [0.15, 0.2) is 35.9 Å². The van der Waals surface area contributed by atoms with E-state index in [0.717, 1.165) is 25.7 Å². The number of nitrogens with zero attached hydrogens (tertiary/aromatic N) is 1. The Morgan fingerprint density at radius 3 is 2.48 bits per heavy atom. The highest BCUT2D eigenvalue weighted by molar-refractivity contribution is 5.91. The van der Waals surface area contributed by atoms with E-state index >= 15 is 0 Å². The topological polar surface area (TPSA) is 40.5 Å². The summed E-state index contributed by atoms with van der Waals surface area (Å²) in [5.74, 6) is 3.31. The molecule has 5 rings (SSSR count). The van der Waals surface area contributed by atoms with Gasteiger partial charge in [-0.3, -0.25) is 4.79 Å². The van der Waals surface area contributed by atoms with Crippen LogP contribution in [0.3, 0.4) is 0 Å². The summed E-state index contributed by atoms with van der Waals surface area (Å²) in [4.78, 5) is 14.2. The van der Waals surface area contributed by atoms with Gasteiger partial charge >= 0.3 is 0 Å². The second-order valence-corrected chi connectivity index (χ2v) is 10.6. The van der Waals surface area contributed by atoms with Crippen LogP contribution in [0, 0.1) is 29.1 Å². The van der Waals surface area contributed by atoms with Crippen molar-refractivity contribution in [1.29, 1.82) is 0 Å². The maximum atomic E-state index is 12.1. The third kappa shape index (κ3) is 3.00. The first kappa shape index (κ1) is 19.4. The number of aliphatic hydroxyl groups excluding tert-OH is 1. The Morgan fingerprint density at radius 1 is 1.00 bits per heavy atom. The normalized spacial score (nSPS) is 41.2. The molecule has 29 heavy (non-hydrogen) atoms. The first-order valence-electron chi connectivity index (χ1n) is 11.6. The van der Waals surface area contributed by atoms with Gasteiger partial charge in [-0.05, 0) is 97.3 Å². The minimum absolute atomic E-state index is 0.0394. The summed E-state index contributed by atoms with van der Waals surface area (Å²) in [7, 11) is 4.17. The zero-order valence-electron chi connectivity index (χ0n) is 18.1. The summed E-state index contributed by atoms with van der Waals surface area (Å²) in [6.45, 7) is 2.36. The van der Waals surface area contributed by atoms with Crippen molar-refractivity contribution in [3.05, 3.63) is 41.5 Å². The van der Waals surface area contributed by atoms with Gasteiger partial charge in [-0.25, -0.2) is 0 Å². The number of benzene rings is 1. The monoisotopic (exact) mass is 393 g/mol. The van der Waals surface area contributed by atoms with Crippen LogP contribution in [0.5, 0.6) is 0 Å². The van der Waals surface area contributed by atoms with E-state index < -0.39 is 0 Å². The fraction of sp³-hybridized carbons (Fsp3) is 0.654. The molecular weight excluding hydrogens is 358 g/mol. The van der Waals surface area contributed by atoms with Crippen LogP contribution in [-0.4, -0.2) is 31.1 Å². The van der Waals surface area contributed by atoms with Crippen LogP contribution in [0.4, 0.5) is 5.69 Å². The minimum atomic E-state index is -0.165. The van der Waals surface area contributed by atoms with Crippen molar-refractivity contribution < 1.29 is 9.90 Å². The van der Waals surface area contributed by atoms with E-state index in [-0.39, 0.29) is 11.5 Å². The summed E-state index contributed by atoms with van der Waals surface area (Å²) in [5.41, 5.74) is 4.14. The summed E-state index contributed by atoms with van der Waals surface area (Å²) in [6.07, 6.45) is 9.08. The average Bonchev–Trinajstić information content (AvgIpc) is 3.01. The number of aliphatic hydroxyl groups is 1. The van der Waals surface area contributed by atoms with Gasteiger partial charge in [0.1, 0.15) is 0 Å². The van der Waals surface area contributed by atoms with Gasteiger partial charge in [-0.1, -0.05) is 24.6 Å². The predicted molar refractivity (Wildman–Crippen MR) is 117 cm³/mol. The highest BCUT2D eigenvalue weighted by atomic mass is 16.3. The van der Waals surface area contributed by atoms with Crippen molar-refractivity contribution >= 4 is 11.5 Å². The Kier molecular flexibility index (Phi) is 4.66. The Bertz CT molecular complexity index is 826. The molecule has 3 nitrogen and oxygen atoms in total. The average molecular weight is 394 g/mol. The Balaban J connectivity index is 1.57. The van der Waals surface area contributed by atoms with Gasteiger partial charge in [-0.15, -0.1) is 0 Å². The van der Waals surface area contributed by atoms with Crippen molar-refractivity contribution in [2.75, 3.05) is 19.0 Å². The second kappa shape index (κ2) is 6.97. The number of hydrogen-bond donors (Lipinski definition) is 1. The summed E-state index contributed by atoms with van der Waals surface area (Å²) in [6, 6.07) is 9.14. The first-order chi connectivity index (χ1) is 13.9. The number of fused-ring (bicyclic) bond motifs is 5. The van der Waals surface area contributed by atoms with Crippen molar-refractivity contribution in [2.45, 2.75) is 63.9 Å². The summed E-state index contributed by atoms with van der Waals surface area (Å²) >= 11 is 0. The number of anilines is 1. The Hall–Kier alpha value is -1.61. The lowest BCUT2D eigenvalue weighted by Crippen LogP contribution is -2.50. The Morgan fingerprint density at radius 2 is 1.76 bits per heavy atom. The van der Waals surface area contributed by atoms with Gasteiger partial charge in [0.2, 0.25) is 0 Å². The van der Waals surface area contributed by atoms with Gasteiger partial charge in [0, 0.05) is 26.2 Å². The Labute approximate surface area is 175 Å². The van der Waals surface area contributed by atoms with E-state index in [4.69, 9.17) is 0 Å². The highest BCUT2D eigenvalue weighted by Gasteiger charge is 2.59. The zero-order valence-corrected chi connectivity index (χ0v) is 18.1. The van der Waals surface area contributed by atoms with E-state index in [2.05, 4.69) is 50.2 Å². The third-order valence-electron chi connectivity index (χ3n) is 9.09. The molecule has 156 valence electrons. The fourth-order valence-corrected chi connectivity index (χ4v) is 7.64. The zero-order chi connectivity index (χ0) is 20.3. The van der Waals surface area contributed by atoms with E-state index in [1.165, 1.54) is 29.7 Å². The number of allylic oxidation sites excluding steroid dienone is 1. The first-order valence-corrected chi connectivity index (χ1v) is 11.6. The van der Waals surface area contributed by atoms with Crippen LogP contribution in [-0.2, 0) is 4.79 Å². The summed E-state index contributed by atoms with van der Waals surface area (Å²) in [5, 5.41) is 11.0. The number of carbonyl (C=O) groups is 1. The lowest BCUT2D eigenvalue weighted by Gasteiger charge is -2.57. The molecule has 3 heteroatoms. The van der Waals surface area contributed by atoms with Gasteiger partial charge in [0.25, 0.3) is 0 Å². The molecule has 7 atom stereocenters. The van der Waals surface area contributed by atoms with Crippen molar-refractivity contribution in [3.8, 4) is 0 Å². The maximum absolute atomic E-state index is 12.1. The van der Waals surface area contributed by atoms with Gasteiger partial charge in [0.05, 0.1) is 6.10 Å². The number of hydrogen-bond acceptors (Lipinski definition) is 3. The lowest BCUT2D eigenvalue weighted by atomic mass is 9.48. The molecule has 0 radical (unpaired) electrons. The van der Waals surface area contributed by atoms with E-state index in [1.807, 2.05) is 6.08 Å². The molecule has 1 unspecified atom stereocenters. The van der Waals surface area contributed by atoms with Crippen LogP contribution in [0.25, 0.3) is 0 Å². The molecule has 3 fully saturated rings. The molecule has 1 N–H and O–H groups in total. The van der Waals surface area contributed by atoms with Gasteiger partial charge < -0.3 is 10.0 Å². The molecule has 0 aromatic heterocycles. The molecule has 0 amide bonds. The molecular formula is C26H35NO2. The van der Waals surface area contributed by atoms with E-state index in [9.17, 15) is 9.90 Å². The number of carbonyl (C=O) groups excluding carboxylic acids is 1. The number of rotatable bonds is 2. The van der Waals surface area contributed by atoms with Crippen LogP contribution < -0.4 is 4.90 Å². The molecule has 0 heterocycles. The molecule has 0 spiro atoms. The molecule has 1 aromatic carbocycles. The smallest absolute Gasteiger partial charge is 0.155 e. The molecule has 1 aromatic rings. The standard InChI is InChI=1S/C26H35NO2/c1-26-15-22(16-4-7-18(8-5-16)27(2)3)25-20-11-9-19(28)14-17(20)6-10-21(25)23(26)12-13-24(26)29/h4-5,7-8,14,20-25,29H,6,9-13,15H2,1-3H3/t20-,21-,22+,23-,24?,25+,26-/m0/s1. The SMILES string of the molecule is CN(C)c1ccc([C@H]2C[C@]3(C)C(O)CC[C@H]3[C@@H]3CCC4=CC(=O)CC[C@@H]4[C@H]32)cc1. The lowest BCUT2D eigenvalue weighted by molar-refractivity contribution is -0.116. The molecule has 4 aliphatic rings. The largest absolute Gasteiger partial charge is 0.393 e. The van der Waals surface area contributed by atoms with Gasteiger partial charge in [0.15, 0.2) is 5.78 Å². The molecule has 0 aliphatic heterocycles. The van der Waals surface area contributed by atoms with E-state index in [0.29, 0.717) is 41.8 Å².